The van der Waals surface area contributed by atoms with Crippen LogP contribution in [-0.4, -0.2) is 28.0 Å². The topological polar surface area (TPSA) is 79.9 Å². The summed E-state index contributed by atoms with van der Waals surface area (Å²) in [6, 6.07) is 0. The van der Waals surface area contributed by atoms with E-state index in [1.807, 2.05) is 13.8 Å². The van der Waals surface area contributed by atoms with Gasteiger partial charge in [0.05, 0.1) is 23.4 Å². The molecule has 6 atom stereocenters. The summed E-state index contributed by atoms with van der Waals surface area (Å²) in [5, 5.41) is 21.3. The maximum atomic E-state index is 12.7. The normalized spacial score (nSPS) is 37.7. The van der Waals surface area contributed by atoms with Crippen molar-refractivity contribution in [2.24, 2.45) is 22.7 Å². The first-order chi connectivity index (χ1) is 14.8. The van der Waals surface area contributed by atoms with E-state index in [9.17, 15) is 15.0 Å². The molecule has 178 valence electrons. The quantitative estimate of drug-likeness (QED) is 0.626. The zero-order valence-corrected chi connectivity index (χ0v) is 20.6. The average molecular weight is 445 g/mol. The summed E-state index contributed by atoms with van der Waals surface area (Å²) in [6.45, 7) is 16.3. The molecule has 1 aromatic rings. The van der Waals surface area contributed by atoms with Gasteiger partial charge in [-0.25, -0.2) is 4.79 Å². The molecule has 1 aliphatic heterocycles. The molecule has 0 radical (unpaired) electrons. The Bertz CT molecular complexity index is 969. The fourth-order valence-corrected chi connectivity index (χ4v) is 7.29. The lowest BCUT2D eigenvalue weighted by molar-refractivity contribution is -0.236. The van der Waals surface area contributed by atoms with Crippen LogP contribution in [0.3, 0.4) is 0 Å². The predicted octanol–water partition coefficient (Wildman–Crippen LogP) is 5.21. The molecule has 2 heterocycles. The highest BCUT2D eigenvalue weighted by molar-refractivity contribution is 5.40. The molecule has 5 nitrogen and oxygen atoms in total. The van der Waals surface area contributed by atoms with Gasteiger partial charge in [-0.3, -0.25) is 0 Å². The molecular weight excluding hydrogens is 404 g/mol. The van der Waals surface area contributed by atoms with Crippen LogP contribution >= 0.6 is 0 Å². The molecule has 0 bridgehead atoms. The number of fused-ring (bicyclic) bond motifs is 3. The second kappa shape index (κ2) is 7.73. The van der Waals surface area contributed by atoms with Crippen molar-refractivity contribution in [1.82, 2.24) is 0 Å². The number of allylic oxidation sites excluding steroid dienone is 1. The van der Waals surface area contributed by atoms with Crippen molar-refractivity contribution < 1.29 is 19.4 Å². The summed E-state index contributed by atoms with van der Waals surface area (Å²) in [4.78, 5) is 12.7. The van der Waals surface area contributed by atoms with Crippen molar-refractivity contribution in [3.63, 3.8) is 0 Å². The van der Waals surface area contributed by atoms with Gasteiger partial charge in [0.15, 0.2) is 0 Å². The van der Waals surface area contributed by atoms with E-state index >= 15 is 0 Å². The average Bonchev–Trinajstić information content (AvgIpc) is 2.69. The van der Waals surface area contributed by atoms with Crippen LogP contribution in [0.5, 0.6) is 5.75 Å². The third-order valence-electron chi connectivity index (χ3n) is 9.45. The summed E-state index contributed by atoms with van der Waals surface area (Å²) in [6.07, 6.45) is 6.29. The van der Waals surface area contributed by atoms with Crippen LogP contribution in [0.4, 0.5) is 0 Å². The van der Waals surface area contributed by atoms with Gasteiger partial charge in [-0.15, -0.1) is 0 Å². The third kappa shape index (κ3) is 3.56. The van der Waals surface area contributed by atoms with Crippen LogP contribution in [-0.2, 0) is 11.2 Å². The van der Waals surface area contributed by atoms with Gasteiger partial charge in [-0.1, -0.05) is 26.0 Å². The molecule has 3 aliphatic rings. The minimum Gasteiger partial charge on any atom is -0.507 e. The zero-order valence-electron chi connectivity index (χ0n) is 20.6. The van der Waals surface area contributed by atoms with Crippen molar-refractivity contribution in [2.45, 2.75) is 104 Å². The van der Waals surface area contributed by atoms with Gasteiger partial charge in [0.25, 0.3) is 0 Å². The third-order valence-corrected chi connectivity index (χ3v) is 9.45. The molecule has 6 unspecified atom stereocenters. The lowest BCUT2D eigenvalue weighted by Crippen LogP contribution is -2.61. The van der Waals surface area contributed by atoms with E-state index in [1.54, 1.807) is 13.8 Å². The van der Waals surface area contributed by atoms with Crippen LogP contribution in [0.1, 0.15) is 83.1 Å². The highest BCUT2D eigenvalue weighted by atomic mass is 16.5. The lowest BCUT2D eigenvalue weighted by Gasteiger charge is -2.63. The van der Waals surface area contributed by atoms with Gasteiger partial charge in [0.1, 0.15) is 11.5 Å². The van der Waals surface area contributed by atoms with Crippen molar-refractivity contribution in [3.05, 3.63) is 39.5 Å². The van der Waals surface area contributed by atoms with Crippen molar-refractivity contribution >= 4 is 0 Å². The number of rotatable bonds is 3. The number of aryl methyl sites for hydroxylation is 1. The molecule has 1 aromatic heterocycles. The first kappa shape index (κ1) is 23.6. The van der Waals surface area contributed by atoms with Gasteiger partial charge in [-0.2, -0.15) is 0 Å². The molecule has 3 fully saturated rings. The van der Waals surface area contributed by atoms with E-state index in [-0.39, 0.29) is 34.7 Å². The second-order valence-electron chi connectivity index (χ2n) is 11.8. The largest absolute Gasteiger partial charge is 0.507 e. The van der Waals surface area contributed by atoms with E-state index in [0.29, 0.717) is 29.2 Å². The van der Waals surface area contributed by atoms with Gasteiger partial charge < -0.3 is 19.4 Å². The van der Waals surface area contributed by atoms with Crippen LogP contribution in [0.15, 0.2) is 21.4 Å². The second-order valence-corrected chi connectivity index (χ2v) is 11.8. The first-order valence-corrected chi connectivity index (χ1v) is 12.2. The molecule has 0 amide bonds. The zero-order chi connectivity index (χ0) is 23.6. The van der Waals surface area contributed by atoms with Crippen molar-refractivity contribution in [3.8, 4) is 5.75 Å². The molecule has 5 heteroatoms. The Balaban J connectivity index is 1.67. The summed E-state index contributed by atoms with van der Waals surface area (Å²) in [5.41, 5.74) is 0.937. The van der Waals surface area contributed by atoms with Crippen LogP contribution in [0, 0.1) is 36.5 Å². The summed E-state index contributed by atoms with van der Waals surface area (Å²) in [7, 11) is 0. The van der Waals surface area contributed by atoms with E-state index in [2.05, 4.69) is 20.4 Å². The molecule has 32 heavy (non-hydrogen) atoms. The molecule has 4 rings (SSSR count). The summed E-state index contributed by atoms with van der Waals surface area (Å²) >= 11 is 0. The molecule has 1 saturated heterocycles. The molecule has 0 spiro atoms. The minimum absolute atomic E-state index is 0.0246. The molecule has 2 N–H and O–H groups in total. The van der Waals surface area contributed by atoms with E-state index < -0.39 is 11.2 Å². The Hall–Kier alpha value is -1.59. The summed E-state index contributed by atoms with van der Waals surface area (Å²) in [5.74, 6) is 1.09. The maximum absolute atomic E-state index is 12.7. The Labute approximate surface area is 191 Å². The van der Waals surface area contributed by atoms with Gasteiger partial charge in [-0.05, 0) is 95.3 Å². The highest BCUT2D eigenvalue weighted by Gasteiger charge is 2.60. The number of hydrogen-bond donors (Lipinski definition) is 2. The predicted molar refractivity (Wildman–Crippen MR) is 125 cm³/mol. The van der Waals surface area contributed by atoms with Crippen molar-refractivity contribution in [1.29, 1.82) is 0 Å². The Morgan fingerprint density at radius 2 is 1.78 bits per heavy atom. The fraction of sp³-hybridized carbons (Fsp3) is 0.741. The number of hydrogen-bond acceptors (Lipinski definition) is 5. The van der Waals surface area contributed by atoms with Gasteiger partial charge >= 0.3 is 5.63 Å². The minimum atomic E-state index is -0.833. The van der Waals surface area contributed by atoms with Gasteiger partial charge in [0, 0.05) is 5.56 Å². The highest BCUT2D eigenvalue weighted by Crippen LogP contribution is 2.64. The standard InChI is InChI=1S/C27H40O5/c1-15-8-9-20-26(6,19(15)14-18-23(28)16(2)17(3)31-24(18)29)12-11-22-27(20,7)13-10-21(32-22)25(4,5)30/h19-22,28,30H,1,8-14H2,2-7H3. The SMILES string of the molecule is C=C1CCC2C3(C)CCC(C(C)(C)O)OC3CCC2(C)C1Cc1c(O)c(C)c(C)oc1=O. The first-order valence-electron chi connectivity index (χ1n) is 12.2. The van der Waals surface area contributed by atoms with Crippen LogP contribution < -0.4 is 5.63 Å². The molecule has 0 aromatic carbocycles. The maximum Gasteiger partial charge on any atom is 0.342 e. The molecule has 2 aliphatic carbocycles. The Morgan fingerprint density at radius 1 is 1.12 bits per heavy atom. The Kier molecular flexibility index (Phi) is 5.69. The smallest absolute Gasteiger partial charge is 0.342 e. The van der Waals surface area contributed by atoms with Gasteiger partial charge in [0.2, 0.25) is 0 Å². The number of aliphatic hydroxyl groups is 1. The van der Waals surface area contributed by atoms with E-state index in [1.165, 1.54) is 5.57 Å². The molecular formula is C27H40O5. The van der Waals surface area contributed by atoms with Crippen LogP contribution in [0.25, 0.3) is 0 Å². The fourth-order valence-electron chi connectivity index (χ4n) is 7.29. The lowest BCUT2D eigenvalue weighted by atomic mass is 9.44. The number of ether oxygens (including phenoxy) is 1. The van der Waals surface area contributed by atoms with Crippen LogP contribution in [0.2, 0.25) is 0 Å². The van der Waals surface area contributed by atoms with Crippen molar-refractivity contribution in [2.75, 3.05) is 0 Å². The van der Waals surface area contributed by atoms with E-state index in [4.69, 9.17) is 9.15 Å². The monoisotopic (exact) mass is 444 g/mol. The summed E-state index contributed by atoms with van der Waals surface area (Å²) < 4.78 is 11.9. The Morgan fingerprint density at radius 3 is 2.44 bits per heavy atom. The van der Waals surface area contributed by atoms with E-state index in [0.717, 1.165) is 38.5 Å². The molecule has 2 saturated carbocycles. The number of aromatic hydroxyl groups is 1.